The van der Waals surface area contributed by atoms with Crippen molar-refractivity contribution in [2.45, 2.75) is 6.92 Å². The molecule has 34 heavy (non-hydrogen) atoms. The second kappa shape index (κ2) is 9.27. The van der Waals surface area contributed by atoms with Gasteiger partial charge >= 0.3 is 0 Å². The first-order valence-electron chi connectivity index (χ1n) is 11.1. The Bertz CT molecular complexity index is 1300. The lowest BCUT2D eigenvalue weighted by molar-refractivity contribution is 0.0737. The zero-order chi connectivity index (χ0) is 23.7. The molecule has 1 amide bonds. The minimum Gasteiger partial charge on any atom is -0.497 e. The number of amides is 1. The fourth-order valence-electron chi connectivity index (χ4n) is 4.17. The monoisotopic (exact) mass is 476 g/mol. The number of furan rings is 1. The van der Waals surface area contributed by atoms with Crippen LogP contribution in [0, 0.1) is 6.92 Å². The standard InChI is InChI=1S/C26H25ClN4O3/c1-18-7-12-25(34-18)22-17-24(31(28-22)19-8-10-20(33-2)11-9-19)26(32)30-15-13-29(14-16-30)23-6-4-3-5-21(23)27/h3-12,17H,13-16H2,1-2H3. The van der Waals surface area contributed by atoms with Crippen molar-refractivity contribution in [1.82, 2.24) is 14.7 Å². The second-order valence-corrected chi connectivity index (χ2v) is 8.57. The van der Waals surface area contributed by atoms with E-state index in [1.807, 2.05) is 72.5 Å². The molecule has 0 bridgehead atoms. The summed E-state index contributed by atoms with van der Waals surface area (Å²) in [4.78, 5) is 17.7. The number of aryl methyl sites for hydroxylation is 1. The number of aromatic nitrogens is 2. The maximum atomic E-state index is 13.6. The molecule has 0 aliphatic carbocycles. The summed E-state index contributed by atoms with van der Waals surface area (Å²) in [6, 6.07) is 20.8. The minimum absolute atomic E-state index is 0.0725. The molecule has 0 saturated carbocycles. The number of para-hydroxylation sites is 1. The molecule has 5 rings (SSSR count). The Kier molecular flexibility index (Phi) is 6.02. The Morgan fingerprint density at radius 2 is 1.74 bits per heavy atom. The van der Waals surface area contributed by atoms with Gasteiger partial charge in [0, 0.05) is 32.2 Å². The van der Waals surface area contributed by atoms with Crippen LogP contribution in [0.2, 0.25) is 5.02 Å². The lowest BCUT2D eigenvalue weighted by atomic mass is 10.2. The lowest BCUT2D eigenvalue weighted by Crippen LogP contribution is -2.49. The number of ether oxygens (including phenoxy) is 1. The van der Waals surface area contributed by atoms with Crippen molar-refractivity contribution < 1.29 is 13.9 Å². The predicted octanol–water partition coefficient (Wildman–Crippen LogP) is 5.07. The number of carbonyl (C=O) groups is 1. The van der Waals surface area contributed by atoms with Gasteiger partial charge < -0.3 is 19.0 Å². The van der Waals surface area contributed by atoms with Crippen LogP contribution in [-0.4, -0.2) is 53.9 Å². The molecule has 2 aromatic heterocycles. The zero-order valence-corrected chi connectivity index (χ0v) is 19.8. The van der Waals surface area contributed by atoms with E-state index in [1.165, 1.54) is 0 Å². The van der Waals surface area contributed by atoms with Gasteiger partial charge in [0.15, 0.2) is 5.76 Å². The maximum absolute atomic E-state index is 13.6. The Balaban J connectivity index is 1.43. The van der Waals surface area contributed by atoms with Gasteiger partial charge in [-0.1, -0.05) is 23.7 Å². The quantitative estimate of drug-likeness (QED) is 0.402. The van der Waals surface area contributed by atoms with E-state index in [1.54, 1.807) is 17.9 Å². The summed E-state index contributed by atoms with van der Waals surface area (Å²) in [5, 5.41) is 5.44. The molecule has 1 saturated heterocycles. The Hall–Kier alpha value is -3.71. The smallest absolute Gasteiger partial charge is 0.272 e. The molecule has 7 nitrogen and oxygen atoms in total. The van der Waals surface area contributed by atoms with Crippen molar-refractivity contribution in [3.8, 4) is 22.9 Å². The van der Waals surface area contributed by atoms with Gasteiger partial charge in [-0.15, -0.1) is 0 Å². The largest absolute Gasteiger partial charge is 0.497 e. The predicted molar refractivity (Wildman–Crippen MR) is 132 cm³/mol. The van der Waals surface area contributed by atoms with E-state index in [2.05, 4.69) is 4.90 Å². The van der Waals surface area contributed by atoms with Crippen molar-refractivity contribution >= 4 is 23.2 Å². The number of nitrogens with zero attached hydrogens (tertiary/aromatic N) is 4. The highest BCUT2D eigenvalue weighted by molar-refractivity contribution is 6.33. The van der Waals surface area contributed by atoms with Gasteiger partial charge in [0.25, 0.3) is 5.91 Å². The van der Waals surface area contributed by atoms with Gasteiger partial charge in [0.2, 0.25) is 0 Å². The van der Waals surface area contributed by atoms with Gasteiger partial charge in [-0.05, 0) is 55.5 Å². The van der Waals surface area contributed by atoms with Crippen molar-refractivity contribution in [3.63, 3.8) is 0 Å². The van der Waals surface area contributed by atoms with E-state index < -0.39 is 0 Å². The highest BCUT2D eigenvalue weighted by atomic mass is 35.5. The molecule has 8 heteroatoms. The van der Waals surface area contributed by atoms with E-state index in [4.69, 9.17) is 25.9 Å². The lowest BCUT2D eigenvalue weighted by Gasteiger charge is -2.36. The summed E-state index contributed by atoms with van der Waals surface area (Å²) in [7, 11) is 1.62. The number of hydrogen-bond donors (Lipinski definition) is 0. The van der Waals surface area contributed by atoms with Gasteiger partial charge in [0.1, 0.15) is 22.9 Å². The van der Waals surface area contributed by atoms with Gasteiger partial charge in [-0.25, -0.2) is 4.68 Å². The van der Waals surface area contributed by atoms with Crippen LogP contribution in [0.25, 0.3) is 17.1 Å². The number of rotatable bonds is 5. The molecule has 0 atom stereocenters. The van der Waals surface area contributed by atoms with E-state index in [-0.39, 0.29) is 5.91 Å². The van der Waals surface area contributed by atoms with Gasteiger partial charge in [0.05, 0.1) is 23.5 Å². The number of anilines is 1. The van der Waals surface area contributed by atoms with Crippen LogP contribution in [0.15, 0.2) is 71.1 Å². The van der Waals surface area contributed by atoms with Crippen LogP contribution < -0.4 is 9.64 Å². The highest BCUT2D eigenvalue weighted by Crippen LogP contribution is 2.28. The molecule has 3 heterocycles. The first-order valence-corrected chi connectivity index (χ1v) is 11.5. The summed E-state index contributed by atoms with van der Waals surface area (Å²) in [6.07, 6.45) is 0. The number of halogens is 1. The topological polar surface area (TPSA) is 63.7 Å². The molecule has 1 aliphatic rings. The summed E-state index contributed by atoms with van der Waals surface area (Å²) in [5.41, 5.74) is 2.87. The first-order chi connectivity index (χ1) is 16.5. The number of hydrogen-bond acceptors (Lipinski definition) is 5. The Morgan fingerprint density at radius 1 is 1.00 bits per heavy atom. The van der Waals surface area contributed by atoms with Crippen LogP contribution in [0.5, 0.6) is 5.75 Å². The minimum atomic E-state index is -0.0725. The van der Waals surface area contributed by atoms with Crippen LogP contribution >= 0.6 is 11.6 Å². The van der Waals surface area contributed by atoms with Crippen molar-refractivity contribution in [2.75, 3.05) is 38.2 Å². The molecule has 4 aromatic rings. The molecular formula is C26H25ClN4O3. The molecular weight excluding hydrogens is 452 g/mol. The fourth-order valence-corrected chi connectivity index (χ4v) is 4.42. The molecule has 0 radical (unpaired) electrons. The average Bonchev–Trinajstić information content (AvgIpc) is 3.51. The molecule has 174 valence electrons. The molecule has 0 spiro atoms. The SMILES string of the molecule is COc1ccc(-n2nc(-c3ccc(C)o3)cc2C(=O)N2CCN(c3ccccc3Cl)CC2)cc1. The Morgan fingerprint density at radius 3 is 2.38 bits per heavy atom. The van der Waals surface area contributed by atoms with Gasteiger partial charge in [-0.2, -0.15) is 5.10 Å². The summed E-state index contributed by atoms with van der Waals surface area (Å²) in [5.74, 6) is 2.08. The highest BCUT2D eigenvalue weighted by Gasteiger charge is 2.27. The number of benzene rings is 2. The van der Waals surface area contributed by atoms with Crippen LogP contribution in [0.4, 0.5) is 5.69 Å². The molecule has 0 unspecified atom stereocenters. The molecule has 1 aliphatic heterocycles. The summed E-state index contributed by atoms with van der Waals surface area (Å²) < 4.78 is 12.7. The van der Waals surface area contributed by atoms with Crippen molar-refractivity contribution in [3.05, 3.63) is 83.2 Å². The third-order valence-corrected chi connectivity index (χ3v) is 6.32. The van der Waals surface area contributed by atoms with E-state index in [9.17, 15) is 4.79 Å². The maximum Gasteiger partial charge on any atom is 0.272 e. The van der Waals surface area contributed by atoms with E-state index >= 15 is 0 Å². The van der Waals surface area contributed by atoms with Crippen LogP contribution in [-0.2, 0) is 0 Å². The zero-order valence-electron chi connectivity index (χ0n) is 19.1. The third-order valence-electron chi connectivity index (χ3n) is 6.00. The van der Waals surface area contributed by atoms with Crippen molar-refractivity contribution in [1.29, 1.82) is 0 Å². The average molecular weight is 477 g/mol. The number of carbonyl (C=O) groups excluding carboxylic acids is 1. The third kappa shape index (κ3) is 4.26. The van der Waals surface area contributed by atoms with Crippen LogP contribution in [0.3, 0.4) is 0 Å². The fraction of sp³-hybridized carbons (Fsp3) is 0.231. The molecule has 2 aromatic carbocycles. The summed E-state index contributed by atoms with van der Waals surface area (Å²) >= 11 is 6.37. The number of piperazine rings is 1. The Labute approximate surface area is 203 Å². The normalized spacial score (nSPS) is 13.9. The van der Waals surface area contributed by atoms with Crippen LogP contribution in [0.1, 0.15) is 16.2 Å². The summed E-state index contributed by atoms with van der Waals surface area (Å²) in [6.45, 7) is 4.47. The van der Waals surface area contributed by atoms with Crippen molar-refractivity contribution in [2.24, 2.45) is 0 Å². The van der Waals surface area contributed by atoms with E-state index in [0.717, 1.165) is 27.9 Å². The molecule has 1 fully saturated rings. The second-order valence-electron chi connectivity index (χ2n) is 8.17. The van der Waals surface area contributed by atoms with Gasteiger partial charge in [-0.3, -0.25) is 4.79 Å². The first kappa shape index (κ1) is 22.1. The number of methoxy groups -OCH3 is 1. The molecule has 0 N–H and O–H groups in total. The van der Waals surface area contributed by atoms with E-state index in [0.29, 0.717) is 43.3 Å².